The maximum atomic E-state index is 12.4. The first-order valence-corrected chi connectivity index (χ1v) is 8.67. The standard InChI is InChI=1S/C17H11N3OS2/c21-16-14(11-12-5-2-1-3-6-12)23-17-18-15(19-20(16)17)9-8-13-7-4-10-22-13/h1-11H. The number of rotatable bonds is 3. The van der Waals surface area contributed by atoms with Gasteiger partial charge < -0.3 is 0 Å². The SMILES string of the molecule is O=c1c(=Cc2ccccc2)sc2nc(C=Cc3cccs3)nn12. The fourth-order valence-electron chi connectivity index (χ4n) is 2.16. The van der Waals surface area contributed by atoms with Crippen molar-refractivity contribution in [1.82, 2.24) is 14.6 Å². The second kappa shape index (κ2) is 5.91. The van der Waals surface area contributed by atoms with Gasteiger partial charge in [0.1, 0.15) is 0 Å². The predicted octanol–water partition coefficient (Wildman–Crippen LogP) is 2.93. The van der Waals surface area contributed by atoms with E-state index in [-0.39, 0.29) is 5.56 Å². The molecule has 4 aromatic rings. The van der Waals surface area contributed by atoms with E-state index < -0.39 is 0 Å². The van der Waals surface area contributed by atoms with Crippen molar-refractivity contribution in [2.75, 3.05) is 0 Å². The Balaban J connectivity index is 1.72. The number of thiophene rings is 1. The van der Waals surface area contributed by atoms with Crippen LogP contribution in [0, 0.1) is 0 Å². The molecule has 0 unspecified atom stereocenters. The molecule has 1 aromatic carbocycles. The van der Waals surface area contributed by atoms with E-state index in [1.165, 1.54) is 15.9 Å². The average molecular weight is 337 g/mol. The summed E-state index contributed by atoms with van der Waals surface area (Å²) in [6, 6.07) is 13.8. The number of nitrogens with zero attached hydrogens (tertiary/aromatic N) is 3. The van der Waals surface area contributed by atoms with Crippen LogP contribution in [-0.2, 0) is 0 Å². The van der Waals surface area contributed by atoms with Gasteiger partial charge in [-0.05, 0) is 35.2 Å². The van der Waals surface area contributed by atoms with Crippen LogP contribution in [0.1, 0.15) is 16.3 Å². The Bertz CT molecular complexity index is 1080. The second-order valence-corrected chi connectivity index (χ2v) is 6.83. The molecule has 0 amide bonds. The smallest absolute Gasteiger partial charge is 0.266 e. The Morgan fingerprint density at radius 2 is 1.91 bits per heavy atom. The second-order valence-electron chi connectivity index (χ2n) is 4.84. The Morgan fingerprint density at radius 1 is 1.04 bits per heavy atom. The molecular formula is C17H11N3OS2. The quantitative estimate of drug-likeness (QED) is 0.577. The van der Waals surface area contributed by atoms with Crippen molar-refractivity contribution in [3.63, 3.8) is 0 Å². The molecule has 0 aliphatic rings. The van der Waals surface area contributed by atoms with E-state index in [9.17, 15) is 4.79 Å². The summed E-state index contributed by atoms with van der Waals surface area (Å²) in [5.74, 6) is 0.549. The molecule has 4 rings (SSSR count). The van der Waals surface area contributed by atoms with Crippen LogP contribution < -0.4 is 10.1 Å². The fraction of sp³-hybridized carbons (Fsp3) is 0. The van der Waals surface area contributed by atoms with Crippen LogP contribution in [0.4, 0.5) is 0 Å². The van der Waals surface area contributed by atoms with E-state index in [4.69, 9.17) is 0 Å². The molecule has 0 aliphatic carbocycles. The molecule has 0 radical (unpaired) electrons. The van der Waals surface area contributed by atoms with Gasteiger partial charge in [-0.3, -0.25) is 4.79 Å². The van der Waals surface area contributed by atoms with Gasteiger partial charge in [0.2, 0.25) is 4.96 Å². The van der Waals surface area contributed by atoms with E-state index in [0.29, 0.717) is 15.3 Å². The number of thiazole rings is 1. The molecule has 0 bridgehead atoms. The highest BCUT2D eigenvalue weighted by Gasteiger charge is 2.08. The van der Waals surface area contributed by atoms with Crippen LogP contribution in [0.15, 0.2) is 52.6 Å². The van der Waals surface area contributed by atoms with Crippen LogP contribution in [0.3, 0.4) is 0 Å². The van der Waals surface area contributed by atoms with E-state index in [1.807, 2.05) is 66.1 Å². The first-order valence-electron chi connectivity index (χ1n) is 6.97. The van der Waals surface area contributed by atoms with Crippen LogP contribution in [0.5, 0.6) is 0 Å². The van der Waals surface area contributed by atoms with Crippen molar-refractivity contribution in [1.29, 1.82) is 0 Å². The minimum absolute atomic E-state index is 0.128. The molecule has 6 heteroatoms. The molecule has 3 aromatic heterocycles. The molecule has 3 heterocycles. The number of hydrogen-bond donors (Lipinski definition) is 0. The summed E-state index contributed by atoms with van der Waals surface area (Å²) in [5.41, 5.74) is 0.865. The largest absolute Gasteiger partial charge is 0.291 e. The van der Waals surface area contributed by atoms with Gasteiger partial charge in [0, 0.05) is 4.88 Å². The number of benzene rings is 1. The summed E-state index contributed by atoms with van der Waals surface area (Å²) in [7, 11) is 0. The highest BCUT2D eigenvalue weighted by Crippen LogP contribution is 2.12. The lowest BCUT2D eigenvalue weighted by Gasteiger charge is -1.87. The monoisotopic (exact) mass is 337 g/mol. The molecule has 4 nitrogen and oxygen atoms in total. The number of aromatic nitrogens is 3. The van der Waals surface area contributed by atoms with E-state index in [1.54, 1.807) is 11.3 Å². The van der Waals surface area contributed by atoms with Crippen LogP contribution >= 0.6 is 22.7 Å². The van der Waals surface area contributed by atoms with Crippen LogP contribution in [0.2, 0.25) is 0 Å². The molecule has 0 saturated carbocycles. The number of fused-ring (bicyclic) bond motifs is 1. The third kappa shape index (κ3) is 2.86. The predicted molar refractivity (Wildman–Crippen MR) is 95.6 cm³/mol. The fourth-order valence-corrected chi connectivity index (χ4v) is 3.70. The lowest BCUT2D eigenvalue weighted by Crippen LogP contribution is -2.23. The molecule has 0 atom stereocenters. The van der Waals surface area contributed by atoms with Crippen molar-refractivity contribution in [3.05, 3.63) is 79.0 Å². The summed E-state index contributed by atoms with van der Waals surface area (Å²) in [5, 5.41) is 6.29. The van der Waals surface area contributed by atoms with E-state index in [2.05, 4.69) is 10.1 Å². The van der Waals surface area contributed by atoms with Gasteiger partial charge in [0.25, 0.3) is 5.56 Å². The summed E-state index contributed by atoms with van der Waals surface area (Å²) >= 11 is 3.00. The van der Waals surface area contributed by atoms with Crippen molar-refractivity contribution in [2.45, 2.75) is 0 Å². The van der Waals surface area contributed by atoms with Gasteiger partial charge >= 0.3 is 0 Å². The van der Waals surface area contributed by atoms with Crippen molar-refractivity contribution >= 4 is 45.9 Å². The molecule has 0 N–H and O–H groups in total. The molecular weight excluding hydrogens is 326 g/mol. The molecule has 0 saturated heterocycles. The first kappa shape index (κ1) is 14.0. The summed E-state index contributed by atoms with van der Waals surface area (Å²) in [4.78, 5) is 18.5. The normalized spacial score (nSPS) is 12.6. The lowest BCUT2D eigenvalue weighted by atomic mass is 10.2. The van der Waals surface area contributed by atoms with E-state index in [0.717, 1.165) is 10.4 Å². The third-order valence-electron chi connectivity index (χ3n) is 3.24. The highest BCUT2D eigenvalue weighted by molar-refractivity contribution is 7.15. The molecule has 0 spiro atoms. The maximum Gasteiger partial charge on any atom is 0.291 e. The van der Waals surface area contributed by atoms with Crippen LogP contribution in [0.25, 0.3) is 23.2 Å². The third-order valence-corrected chi connectivity index (χ3v) is 5.03. The molecule has 112 valence electrons. The first-order chi connectivity index (χ1) is 11.3. The summed E-state index contributed by atoms with van der Waals surface area (Å²) < 4.78 is 2.01. The van der Waals surface area contributed by atoms with E-state index >= 15 is 0 Å². The Morgan fingerprint density at radius 3 is 2.65 bits per heavy atom. The highest BCUT2D eigenvalue weighted by atomic mass is 32.1. The Hall–Kier alpha value is -2.57. The molecule has 0 fully saturated rings. The zero-order valence-corrected chi connectivity index (χ0v) is 13.6. The zero-order valence-electron chi connectivity index (χ0n) is 11.9. The van der Waals surface area contributed by atoms with Crippen LogP contribution in [-0.4, -0.2) is 14.6 Å². The van der Waals surface area contributed by atoms with Crippen molar-refractivity contribution in [3.8, 4) is 0 Å². The Kier molecular flexibility index (Phi) is 3.61. The molecule has 23 heavy (non-hydrogen) atoms. The lowest BCUT2D eigenvalue weighted by molar-refractivity contribution is 0.925. The topological polar surface area (TPSA) is 47.3 Å². The van der Waals surface area contributed by atoms with Gasteiger partial charge in [-0.1, -0.05) is 47.7 Å². The van der Waals surface area contributed by atoms with Gasteiger partial charge in [-0.15, -0.1) is 16.4 Å². The summed E-state index contributed by atoms with van der Waals surface area (Å²) in [6.45, 7) is 0. The van der Waals surface area contributed by atoms with Crippen molar-refractivity contribution in [2.24, 2.45) is 0 Å². The molecule has 0 aliphatic heterocycles. The minimum atomic E-state index is -0.128. The zero-order chi connectivity index (χ0) is 15.6. The van der Waals surface area contributed by atoms with Gasteiger partial charge in [-0.25, -0.2) is 0 Å². The van der Waals surface area contributed by atoms with Crippen molar-refractivity contribution < 1.29 is 0 Å². The minimum Gasteiger partial charge on any atom is -0.266 e. The summed E-state index contributed by atoms with van der Waals surface area (Å²) in [6.07, 6.45) is 5.64. The average Bonchev–Trinajstić information content (AvgIpc) is 3.26. The van der Waals surface area contributed by atoms with Gasteiger partial charge in [0.15, 0.2) is 5.82 Å². The van der Waals surface area contributed by atoms with Gasteiger partial charge in [0.05, 0.1) is 4.53 Å². The van der Waals surface area contributed by atoms with Gasteiger partial charge in [-0.2, -0.15) is 9.50 Å². The maximum absolute atomic E-state index is 12.4. The Labute approximate surface area is 139 Å². The number of hydrogen-bond acceptors (Lipinski definition) is 5.